The molecule has 3 rings (SSSR count). The van der Waals surface area contributed by atoms with Crippen LogP contribution < -0.4 is 10.1 Å². The van der Waals surface area contributed by atoms with Gasteiger partial charge in [-0.15, -0.1) is 0 Å². The van der Waals surface area contributed by atoms with Gasteiger partial charge in [0, 0.05) is 12.3 Å². The molecule has 2 aromatic rings. The Hall–Kier alpha value is -1.99. The summed E-state index contributed by atoms with van der Waals surface area (Å²) in [5.74, 6) is 2.25. The highest BCUT2D eigenvalue weighted by Gasteiger charge is 2.36. The Morgan fingerprint density at radius 1 is 1.44 bits per heavy atom. The summed E-state index contributed by atoms with van der Waals surface area (Å²) >= 11 is 1.64. The Labute approximate surface area is 151 Å². The molecule has 7 heteroatoms. The molecular weight excluding hydrogens is 340 g/mol. The number of methoxy groups -OCH3 is 1. The maximum absolute atomic E-state index is 12.6. The molecule has 2 N–H and O–H groups in total. The fourth-order valence-electron chi connectivity index (χ4n) is 3.00. The first kappa shape index (κ1) is 17.8. The minimum atomic E-state index is -0.299. The Bertz CT molecular complexity index is 710. The molecule has 0 unspecified atom stereocenters. The first-order valence-corrected chi connectivity index (χ1v) is 9.56. The third kappa shape index (κ3) is 4.16. The van der Waals surface area contributed by atoms with E-state index in [1.54, 1.807) is 37.2 Å². The summed E-state index contributed by atoms with van der Waals surface area (Å²) in [6, 6.07) is 6.96. The monoisotopic (exact) mass is 362 g/mol. The molecule has 134 valence electrons. The van der Waals surface area contributed by atoms with Crippen molar-refractivity contribution < 1.29 is 19.1 Å². The number of carbonyl (C=O) groups is 1. The molecule has 6 nitrogen and oxygen atoms in total. The van der Waals surface area contributed by atoms with Crippen LogP contribution in [-0.4, -0.2) is 35.5 Å². The van der Waals surface area contributed by atoms with Crippen LogP contribution in [0.1, 0.15) is 40.8 Å². The van der Waals surface area contributed by atoms with Crippen molar-refractivity contribution >= 4 is 17.7 Å². The number of nitrogens with one attached hydrogen (secondary N) is 1. The van der Waals surface area contributed by atoms with Crippen LogP contribution in [0.4, 0.5) is 0 Å². The highest BCUT2D eigenvalue weighted by molar-refractivity contribution is 7.97. The first-order chi connectivity index (χ1) is 12.1. The smallest absolute Gasteiger partial charge is 0.287 e. The molecule has 0 saturated heterocycles. The standard InChI is InChI=1S/C18H22N2O4S/c1-23-16-6-3-11(9-19-16)17(12-7-13(21)8-12)20-18(22)15-5-4-14(24-15)10-25-2/h3-6,9,12-13,17,21H,7-8,10H2,1-2H3,(H,20,22)/t12?,13?,17-/m1/s1. The van der Waals surface area contributed by atoms with Crippen LogP contribution >= 0.6 is 11.8 Å². The van der Waals surface area contributed by atoms with E-state index in [0.717, 1.165) is 17.1 Å². The minimum Gasteiger partial charge on any atom is -0.481 e. The summed E-state index contributed by atoms with van der Waals surface area (Å²) in [6.07, 6.45) is 4.71. The van der Waals surface area contributed by atoms with Crippen molar-refractivity contribution in [3.63, 3.8) is 0 Å². The van der Waals surface area contributed by atoms with E-state index in [1.807, 2.05) is 18.4 Å². The largest absolute Gasteiger partial charge is 0.481 e. The number of aromatic nitrogens is 1. The lowest BCUT2D eigenvalue weighted by Gasteiger charge is -2.38. The molecule has 0 aromatic carbocycles. The average molecular weight is 362 g/mol. The minimum absolute atomic E-state index is 0.176. The fourth-order valence-corrected chi connectivity index (χ4v) is 3.44. The van der Waals surface area contributed by atoms with E-state index in [2.05, 4.69) is 10.3 Å². The number of carbonyl (C=O) groups excluding carboxylic acids is 1. The number of hydrogen-bond donors (Lipinski definition) is 2. The number of pyridine rings is 1. The number of hydrogen-bond acceptors (Lipinski definition) is 6. The van der Waals surface area contributed by atoms with E-state index in [4.69, 9.17) is 9.15 Å². The van der Waals surface area contributed by atoms with Crippen molar-refractivity contribution in [2.45, 2.75) is 30.7 Å². The Kier molecular flexibility index (Phi) is 5.65. The quantitative estimate of drug-likeness (QED) is 0.788. The van der Waals surface area contributed by atoms with Crippen molar-refractivity contribution in [2.24, 2.45) is 5.92 Å². The predicted octanol–water partition coefficient (Wildman–Crippen LogP) is 2.79. The van der Waals surface area contributed by atoms with Gasteiger partial charge in [-0.25, -0.2) is 4.98 Å². The second-order valence-electron chi connectivity index (χ2n) is 6.17. The lowest BCUT2D eigenvalue weighted by molar-refractivity contribution is 0.0231. The number of furan rings is 1. The number of amides is 1. The van der Waals surface area contributed by atoms with E-state index in [0.29, 0.717) is 24.5 Å². The molecule has 1 saturated carbocycles. The van der Waals surface area contributed by atoms with Gasteiger partial charge in [0.05, 0.1) is 25.0 Å². The van der Waals surface area contributed by atoms with E-state index >= 15 is 0 Å². The van der Waals surface area contributed by atoms with E-state index in [9.17, 15) is 9.90 Å². The number of rotatable bonds is 7. The highest BCUT2D eigenvalue weighted by Crippen LogP contribution is 2.38. The summed E-state index contributed by atoms with van der Waals surface area (Å²) in [5, 5.41) is 12.7. The molecule has 25 heavy (non-hydrogen) atoms. The van der Waals surface area contributed by atoms with Gasteiger partial charge in [0.1, 0.15) is 5.76 Å². The van der Waals surface area contributed by atoms with Gasteiger partial charge in [0.15, 0.2) is 5.76 Å². The summed E-state index contributed by atoms with van der Waals surface area (Å²) in [5.41, 5.74) is 0.891. The van der Waals surface area contributed by atoms with Gasteiger partial charge in [0.25, 0.3) is 5.91 Å². The summed E-state index contributed by atoms with van der Waals surface area (Å²) in [7, 11) is 1.56. The number of thioether (sulfide) groups is 1. The summed E-state index contributed by atoms with van der Waals surface area (Å²) < 4.78 is 10.7. The number of aliphatic hydroxyl groups is 1. The van der Waals surface area contributed by atoms with E-state index in [-0.39, 0.29) is 24.0 Å². The van der Waals surface area contributed by atoms with Gasteiger partial charge in [-0.1, -0.05) is 6.07 Å². The highest BCUT2D eigenvalue weighted by atomic mass is 32.2. The van der Waals surface area contributed by atoms with Crippen molar-refractivity contribution in [2.75, 3.05) is 13.4 Å². The van der Waals surface area contributed by atoms with Gasteiger partial charge in [0.2, 0.25) is 5.88 Å². The molecule has 1 amide bonds. The Morgan fingerprint density at radius 2 is 2.24 bits per heavy atom. The zero-order valence-electron chi connectivity index (χ0n) is 14.3. The second kappa shape index (κ2) is 7.93. The molecular formula is C18H22N2O4S. The van der Waals surface area contributed by atoms with Gasteiger partial charge < -0.3 is 19.6 Å². The van der Waals surface area contributed by atoms with Crippen LogP contribution in [-0.2, 0) is 5.75 Å². The van der Waals surface area contributed by atoms with Crippen LogP contribution in [0.25, 0.3) is 0 Å². The van der Waals surface area contributed by atoms with Gasteiger partial charge >= 0.3 is 0 Å². The third-order valence-electron chi connectivity index (χ3n) is 4.41. The summed E-state index contributed by atoms with van der Waals surface area (Å²) in [4.78, 5) is 16.8. The van der Waals surface area contributed by atoms with E-state index < -0.39 is 0 Å². The van der Waals surface area contributed by atoms with Crippen molar-refractivity contribution in [1.29, 1.82) is 0 Å². The van der Waals surface area contributed by atoms with Crippen molar-refractivity contribution in [1.82, 2.24) is 10.3 Å². The Morgan fingerprint density at radius 3 is 2.84 bits per heavy atom. The predicted molar refractivity (Wildman–Crippen MR) is 95.7 cm³/mol. The van der Waals surface area contributed by atoms with Gasteiger partial charge in [-0.2, -0.15) is 11.8 Å². The van der Waals surface area contributed by atoms with Gasteiger partial charge in [-0.05, 0) is 42.7 Å². The number of ether oxygens (including phenoxy) is 1. The van der Waals surface area contributed by atoms with E-state index in [1.165, 1.54) is 0 Å². The molecule has 1 atom stereocenters. The zero-order valence-corrected chi connectivity index (χ0v) is 15.1. The molecule has 0 aliphatic heterocycles. The maximum atomic E-state index is 12.6. The average Bonchev–Trinajstić information content (AvgIpc) is 3.06. The molecule has 1 aliphatic rings. The number of nitrogens with zero attached hydrogens (tertiary/aromatic N) is 1. The van der Waals surface area contributed by atoms with Crippen LogP contribution in [0.2, 0.25) is 0 Å². The molecule has 0 bridgehead atoms. The maximum Gasteiger partial charge on any atom is 0.287 e. The van der Waals surface area contributed by atoms with Crippen LogP contribution in [0.5, 0.6) is 5.88 Å². The normalized spacial score (nSPS) is 20.6. The second-order valence-corrected chi connectivity index (χ2v) is 7.04. The molecule has 0 spiro atoms. The lowest BCUT2D eigenvalue weighted by Crippen LogP contribution is -2.41. The molecule has 1 aliphatic carbocycles. The van der Waals surface area contributed by atoms with Gasteiger partial charge in [-0.3, -0.25) is 4.79 Å². The first-order valence-electron chi connectivity index (χ1n) is 8.17. The molecule has 2 aromatic heterocycles. The molecule has 1 fully saturated rings. The van der Waals surface area contributed by atoms with Crippen molar-refractivity contribution in [3.05, 3.63) is 47.5 Å². The Balaban J connectivity index is 1.75. The molecule has 0 radical (unpaired) electrons. The fraction of sp³-hybridized carbons (Fsp3) is 0.444. The third-order valence-corrected chi connectivity index (χ3v) is 4.98. The zero-order chi connectivity index (χ0) is 17.8. The lowest BCUT2D eigenvalue weighted by atomic mass is 9.75. The van der Waals surface area contributed by atoms with Crippen LogP contribution in [0, 0.1) is 5.92 Å². The number of aliphatic hydroxyl groups excluding tert-OH is 1. The SMILES string of the molecule is COc1ccc([C@@H](NC(=O)c2ccc(CSC)o2)C2CC(O)C2)cn1. The summed E-state index contributed by atoms with van der Waals surface area (Å²) in [6.45, 7) is 0. The molecule has 2 heterocycles. The van der Waals surface area contributed by atoms with Crippen LogP contribution in [0.15, 0.2) is 34.9 Å². The van der Waals surface area contributed by atoms with Crippen molar-refractivity contribution in [3.8, 4) is 5.88 Å². The van der Waals surface area contributed by atoms with Crippen LogP contribution in [0.3, 0.4) is 0 Å². The topological polar surface area (TPSA) is 84.6 Å².